The highest BCUT2D eigenvalue weighted by Gasteiger charge is 1.89. The summed E-state index contributed by atoms with van der Waals surface area (Å²) in [5.74, 6) is 0. The van der Waals surface area contributed by atoms with Gasteiger partial charge in [0.25, 0.3) is 0 Å². The van der Waals surface area contributed by atoms with E-state index in [1.807, 2.05) is 0 Å². The van der Waals surface area contributed by atoms with Crippen molar-refractivity contribution in [3.05, 3.63) is 24.3 Å². The van der Waals surface area contributed by atoms with E-state index < -0.39 is 0 Å². The lowest BCUT2D eigenvalue weighted by Crippen LogP contribution is -1.79. The summed E-state index contributed by atoms with van der Waals surface area (Å²) in [7, 11) is 0. The Balaban J connectivity index is 3.10. The Morgan fingerprint density at radius 3 is 1.50 bits per heavy atom. The van der Waals surface area contributed by atoms with Crippen LogP contribution in [0.1, 0.15) is 90.9 Å². The molecule has 0 radical (unpaired) electrons. The minimum absolute atomic E-state index is 1.23. The molecule has 0 aromatic heterocycles. The van der Waals surface area contributed by atoms with Crippen LogP contribution in [0, 0.1) is 0 Å². The van der Waals surface area contributed by atoms with E-state index in [9.17, 15) is 0 Å². The van der Waals surface area contributed by atoms with Crippen molar-refractivity contribution in [3.63, 3.8) is 0 Å². The van der Waals surface area contributed by atoms with Crippen LogP contribution in [-0.4, -0.2) is 0 Å². The average molecular weight is 250 g/mol. The van der Waals surface area contributed by atoms with Crippen LogP contribution in [0.2, 0.25) is 0 Å². The van der Waals surface area contributed by atoms with Gasteiger partial charge in [-0.2, -0.15) is 0 Å². The fraction of sp³-hybridized carbons (Fsp3) is 0.778. The van der Waals surface area contributed by atoms with Crippen molar-refractivity contribution in [2.75, 3.05) is 0 Å². The summed E-state index contributed by atoms with van der Waals surface area (Å²) in [6.07, 6.45) is 25.5. The molecule has 106 valence electrons. The average Bonchev–Trinajstić information content (AvgIpc) is 2.39. The number of rotatable bonds is 13. The van der Waals surface area contributed by atoms with Crippen molar-refractivity contribution in [1.29, 1.82) is 0 Å². The summed E-state index contributed by atoms with van der Waals surface area (Å²) in [5, 5.41) is 0. The summed E-state index contributed by atoms with van der Waals surface area (Å²) in [4.78, 5) is 0. The third-order valence-electron chi connectivity index (χ3n) is 3.33. The van der Waals surface area contributed by atoms with E-state index >= 15 is 0 Å². The van der Waals surface area contributed by atoms with Crippen LogP contribution in [0.15, 0.2) is 24.3 Å². The Labute approximate surface area is 116 Å². The van der Waals surface area contributed by atoms with E-state index in [2.05, 4.69) is 38.2 Å². The van der Waals surface area contributed by atoms with Gasteiger partial charge in [0.2, 0.25) is 0 Å². The van der Waals surface area contributed by atoms with E-state index in [1.165, 1.54) is 77.0 Å². The molecule has 0 heterocycles. The number of hydrogen-bond donors (Lipinski definition) is 0. The molecule has 0 fully saturated rings. The lowest BCUT2D eigenvalue weighted by atomic mass is 10.1. The van der Waals surface area contributed by atoms with Gasteiger partial charge in [0.1, 0.15) is 0 Å². The molecule has 0 aliphatic rings. The molecule has 0 heteroatoms. The van der Waals surface area contributed by atoms with Gasteiger partial charge < -0.3 is 0 Å². The second kappa shape index (κ2) is 16.5. The Morgan fingerprint density at radius 1 is 0.500 bits per heavy atom. The van der Waals surface area contributed by atoms with Gasteiger partial charge in [0.15, 0.2) is 0 Å². The van der Waals surface area contributed by atoms with Crippen molar-refractivity contribution in [3.8, 4) is 0 Å². The van der Waals surface area contributed by atoms with Gasteiger partial charge in [-0.1, -0.05) is 95.9 Å². The van der Waals surface area contributed by atoms with E-state index in [0.29, 0.717) is 0 Å². The number of unbranched alkanes of at least 4 members (excludes halogenated alkanes) is 10. The van der Waals surface area contributed by atoms with Crippen molar-refractivity contribution in [2.24, 2.45) is 0 Å². The molecular weight excluding hydrogens is 216 g/mol. The third kappa shape index (κ3) is 15.5. The van der Waals surface area contributed by atoms with Crippen LogP contribution in [0.25, 0.3) is 0 Å². The minimum atomic E-state index is 1.23. The predicted molar refractivity (Wildman–Crippen MR) is 85.0 cm³/mol. The molecule has 0 unspecified atom stereocenters. The van der Waals surface area contributed by atoms with Crippen molar-refractivity contribution < 1.29 is 0 Å². The zero-order valence-corrected chi connectivity index (χ0v) is 12.8. The minimum Gasteiger partial charge on any atom is -0.0845 e. The first-order chi connectivity index (χ1) is 8.91. The van der Waals surface area contributed by atoms with Gasteiger partial charge >= 0.3 is 0 Å². The summed E-state index contributed by atoms with van der Waals surface area (Å²) < 4.78 is 0. The van der Waals surface area contributed by atoms with Gasteiger partial charge in [-0.25, -0.2) is 0 Å². The molecule has 0 aliphatic carbocycles. The standard InChI is InChI=1S/C18H34/c1-3-5-7-9-11-13-15-17-18-16-14-12-10-8-6-4-2/h9,11,13,15H,3-8,10,12,14,16-18H2,1-2H3/b11-9+,15-13+. The Kier molecular flexibility index (Phi) is 16.0. The van der Waals surface area contributed by atoms with E-state index in [-0.39, 0.29) is 0 Å². The smallest absolute Gasteiger partial charge is 0.0348 e. The Bertz CT molecular complexity index is 188. The normalized spacial score (nSPS) is 11.9. The molecule has 0 rings (SSSR count). The fourth-order valence-corrected chi connectivity index (χ4v) is 2.07. The van der Waals surface area contributed by atoms with Crippen LogP contribution >= 0.6 is 0 Å². The maximum Gasteiger partial charge on any atom is -0.0348 e. The SMILES string of the molecule is CCCC/C=C/C=C/CCCCCCCCCC. The highest BCUT2D eigenvalue weighted by molar-refractivity contribution is 5.02. The largest absolute Gasteiger partial charge is 0.0845 e. The highest BCUT2D eigenvalue weighted by Crippen LogP contribution is 2.09. The van der Waals surface area contributed by atoms with Crippen LogP contribution in [0.4, 0.5) is 0 Å². The van der Waals surface area contributed by atoms with Crippen molar-refractivity contribution in [2.45, 2.75) is 90.9 Å². The summed E-state index contributed by atoms with van der Waals surface area (Å²) in [6.45, 7) is 4.52. The lowest BCUT2D eigenvalue weighted by molar-refractivity contribution is 0.577. The molecule has 0 aromatic carbocycles. The molecule has 0 bridgehead atoms. The van der Waals surface area contributed by atoms with Crippen molar-refractivity contribution in [1.82, 2.24) is 0 Å². The van der Waals surface area contributed by atoms with Gasteiger partial charge in [-0.15, -0.1) is 0 Å². The lowest BCUT2D eigenvalue weighted by Gasteiger charge is -1.99. The maximum absolute atomic E-state index is 2.32. The monoisotopic (exact) mass is 250 g/mol. The molecule has 0 amide bonds. The fourth-order valence-electron chi connectivity index (χ4n) is 2.07. The van der Waals surface area contributed by atoms with Gasteiger partial charge in [-0.05, 0) is 19.3 Å². The molecule has 0 atom stereocenters. The van der Waals surface area contributed by atoms with Crippen LogP contribution in [-0.2, 0) is 0 Å². The summed E-state index contributed by atoms with van der Waals surface area (Å²) in [5.41, 5.74) is 0. The van der Waals surface area contributed by atoms with E-state index in [0.717, 1.165) is 0 Å². The van der Waals surface area contributed by atoms with Gasteiger partial charge in [0.05, 0.1) is 0 Å². The molecule has 18 heavy (non-hydrogen) atoms. The molecule has 0 aromatic rings. The molecule has 0 spiro atoms. The van der Waals surface area contributed by atoms with E-state index in [1.54, 1.807) is 0 Å². The maximum atomic E-state index is 2.32. The van der Waals surface area contributed by atoms with Crippen molar-refractivity contribution >= 4 is 0 Å². The highest BCUT2D eigenvalue weighted by atomic mass is 14.0. The molecular formula is C18H34. The second-order valence-corrected chi connectivity index (χ2v) is 5.26. The summed E-state index contributed by atoms with van der Waals surface area (Å²) in [6, 6.07) is 0. The topological polar surface area (TPSA) is 0 Å². The quantitative estimate of drug-likeness (QED) is 0.248. The third-order valence-corrected chi connectivity index (χ3v) is 3.33. The first-order valence-electron chi connectivity index (χ1n) is 8.23. The predicted octanol–water partition coefficient (Wildman–Crippen LogP) is 6.82. The van der Waals surface area contributed by atoms with E-state index in [4.69, 9.17) is 0 Å². The second-order valence-electron chi connectivity index (χ2n) is 5.26. The molecule has 0 saturated heterocycles. The Hall–Kier alpha value is -0.520. The first kappa shape index (κ1) is 17.5. The van der Waals surface area contributed by atoms with Gasteiger partial charge in [0, 0.05) is 0 Å². The summed E-state index contributed by atoms with van der Waals surface area (Å²) >= 11 is 0. The zero-order chi connectivity index (χ0) is 13.3. The van der Waals surface area contributed by atoms with Crippen LogP contribution < -0.4 is 0 Å². The number of hydrogen-bond acceptors (Lipinski definition) is 0. The Morgan fingerprint density at radius 2 is 0.944 bits per heavy atom. The van der Waals surface area contributed by atoms with Crippen LogP contribution in [0.3, 0.4) is 0 Å². The number of allylic oxidation sites excluding steroid dienone is 4. The molecule has 0 aliphatic heterocycles. The van der Waals surface area contributed by atoms with Crippen LogP contribution in [0.5, 0.6) is 0 Å². The first-order valence-corrected chi connectivity index (χ1v) is 8.23. The molecule has 0 saturated carbocycles. The molecule has 0 N–H and O–H groups in total. The zero-order valence-electron chi connectivity index (χ0n) is 12.8. The molecule has 0 nitrogen and oxygen atoms in total. The van der Waals surface area contributed by atoms with Gasteiger partial charge in [-0.3, -0.25) is 0 Å².